The van der Waals surface area contributed by atoms with Crippen molar-refractivity contribution in [3.63, 3.8) is 0 Å². The summed E-state index contributed by atoms with van der Waals surface area (Å²) in [5.41, 5.74) is 1.90. The number of benzene rings is 1. The van der Waals surface area contributed by atoms with Crippen molar-refractivity contribution in [2.75, 3.05) is 6.26 Å². The van der Waals surface area contributed by atoms with Crippen molar-refractivity contribution in [1.82, 2.24) is 14.5 Å². The van der Waals surface area contributed by atoms with Gasteiger partial charge in [-0.25, -0.2) is 18.4 Å². The Balaban J connectivity index is 1.82. The fraction of sp³-hybridized carbons (Fsp3) is 0.294. The molecule has 24 heavy (non-hydrogen) atoms. The molecule has 3 rings (SSSR count). The Labute approximate surface area is 145 Å². The van der Waals surface area contributed by atoms with E-state index in [1.54, 1.807) is 35.6 Å². The molecule has 0 fully saturated rings. The molecular weight excluding hydrogens is 342 g/mol. The molecule has 2 heterocycles. The highest BCUT2D eigenvalue weighted by atomic mass is 32.2. The lowest BCUT2D eigenvalue weighted by Gasteiger charge is -2.08. The summed E-state index contributed by atoms with van der Waals surface area (Å²) in [5.74, 6) is 1.41. The molecule has 1 aromatic carbocycles. The van der Waals surface area contributed by atoms with Gasteiger partial charge in [-0.05, 0) is 12.1 Å². The Morgan fingerprint density at radius 2 is 1.92 bits per heavy atom. The van der Waals surface area contributed by atoms with Crippen LogP contribution in [0.4, 0.5) is 0 Å². The van der Waals surface area contributed by atoms with Crippen LogP contribution in [0, 0.1) is 0 Å². The maximum absolute atomic E-state index is 11.5. The van der Waals surface area contributed by atoms with Crippen LogP contribution in [0.15, 0.2) is 46.9 Å². The van der Waals surface area contributed by atoms with Gasteiger partial charge in [0, 0.05) is 35.5 Å². The lowest BCUT2D eigenvalue weighted by atomic mass is 10.2. The minimum Gasteiger partial charge on any atom is -0.329 e. The van der Waals surface area contributed by atoms with Crippen molar-refractivity contribution in [2.24, 2.45) is 0 Å². The fourth-order valence-electron chi connectivity index (χ4n) is 2.49. The van der Waals surface area contributed by atoms with Crippen molar-refractivity contribution in [2.45, 2.75) is 31.2 Å². The molecule has 0 saturated heterocycles. The van der Waals surface area contributed by atoms with E-state index in [2.05, 4.69) is 28.4 Å². The average Bonchev–Trinajstić information content (AvgIpc) is 3.16. The number of thiazole rings is 1. The molecule has 0 atom stereocenters. The summed E-state index contributed by atoms with van der Waals surface area (Å²) in [5, 5.41) is 2.92. The zero-order valence-electron chi connectivity index (χ0n) is 13.8. The summed E-state index contributed by atoms with van der Waals surface area (Å²) in [4.78, 5) is 9.38. The van der Waals surface area contributed by atoms with Crippen LogP contribution in [0.1, 0.15) is 31.3 Å². The van der Waals surface area contributed by atoms with Gasteiger partial charge >= 0.3 is 0 Å². The molecule has 0 bridgehead atoms. The minimum atomic E-state index is -3.17. The predicted octanol–water partition coefficient (Wildman–Crippen LogP) is 3.58. The van der Waals surface area contributed by atoms with Crippen molar-refractivity contribution >= 4 is 21.2 Å². The maximum atomic E-state index is 11.5. The van der Waals surface area contributed by atoms with Gasteiger partial charge in [0.25, 0.3) is 0 Å². The van der Waals surface area contributed by atoms with Gasteiger partial charge in [0.1, 0.15) is 10.8 Å². The Bertz CT molecular complexity index is 938. The molecule has 5 nitrogen and oxygen atoms in total. The van der Waals surface area contributed by atoms with Gasteiger partial charge in [0.15, 0.2) is 9.84 Å². The highest BCUT2D eigenvalue weighted by molar-refractivity contribution is 7.90. The van der Waals surface area contributed by atoms with Crippen molar-refractivity contribution in [3.05, 3.63) is 53.6 Å². The van der Waals surface area contributed by atoms with E-state index in [9.17, 15) is 8.42 Å². The van der Waals surface area contributed by atoms with Gasteiger partial charge in [-0.15, -0.1) is 11.3 Å². The molecule has 0 spiro atoms. The van der Waals surface area contributed by atoms with Gasteiger partial charge in [0.05, 0.1) is 17.1 Å². The monoisotopic (exact) mass is 361 g/mol. The van der Waals surface area contributed by atoms with Crippen LogP contribution >= 0.6 is 11.3 Å². The zero-order valence-corrected chi connectivity index (χ0v) is 15.4. The van der Waals surface area contributed by atoms with E-state index in [4.69, 9.17) is 0 Å². The van der Waals surface area contributed by atoms with Crippen LogP contribution in [0.2, 0.25) is 0 Å². The number of sulfone groups is 1. The van der Waals surface area contributed by atoms with Gasteiger partial charge in [-0.1, -0.05) is 26.0 Å². The lowest BCUT2D eigenvalue weighted by molar-refractivity contribution is 0.602. The molecule has 0 N–H and O–H groups in total. The first kappa shape index (κ1) is 16.9. The number of aromatic nitrogens is 3. The van der Waals surface area contributed by atoms with E-state index in [0.29, 0.717) is 17.4 Å². The fourth-order valence-corrected chi connectivity index (χ4v) is 3.93. The van der Waals surface area contributed by atoms with Gasteiger partial charge in [-0.3, -0.25) is 0 Å². The first-order valence-electron chi connectivity index (χ1n) is 7.60. The van der Waals surface area contributed by atoms with Crippen LogP contribution in [-0.4, -0.2) is 29.2 Å². The quantitative estimate of drug-likeness (QED) is 0.697. The summed E-state index contributed by atoms with van der Waals surface area (Å²) < 4.78 is 25.2. The normalized spacial score (nSPS) is 12.0. The summed E-state index contributed by atoms with van der Waals surface area (Å²) in [6.07, 6.45) is 4.99. The molecule has 0 aliphatic carbocycles. The minimum absolute atomic E-state index is 0.322. The SMILES string of the molecule is CC(C)c1nccn1Cc1csc(-c2ccc(S(C)(=O)=O)cc2)n1. The largest absolute Gasteiger partial charge is 0.329 e. The van der Waals surface area contributed by atoms with E-state index in [1.807, 2.05) is 17.8 Å². The van der Waals surface area contributed by atoms with Crippen molar-refractivity contribution in [3.8, 4) is 10.6 Å². The van der Waals surface area contributed by atoms with Crippen LogP contribution in [-0.2, 0) is 16.4 Å². The lowest BCUT2D eigenvalue weighted by Crippen LogP contribution is -2.06. The topological polar surface area (TPSA) is 64.8 Å². The van der Waals surface area contributed by atoms with Crippen LogP contribution in [0.3, 0.4) is 0 Å². The van der Waals surface area contributed by atoms with Gasteiger partial charge < -0.3 is 4.57 Å². The van der Waals surface area contributed by atoms with Crippen molar-refractivity contribution < 1.29 is 8.42 Å². The van der Waals surface area contributed by atoms with E-state index in [0.717, 1.165) is 22.1 Å². The molecule has 0 aliphatic rings. The summed E-state index contributed by atoms with van der Waals surface area (Å²) >= 11 is 1.56. The number of hydrogen-bond donors (Lipinski definition) is 0. The second-order valence-corrected chi connectivity index (χ2v) is 8.88. The number of hydrogen-bond acceptors (Lipinski definition) is 5. The first-order valence-corrected chi connectivity index (χ1v) is 10.4. The summed E-state index contributed by atoms with van der Waals surface area (Å²) in [6, 6.07) is 6.85. The Morgan fingerprint density at radius 1 is 1.21 bits per heavy atom. The third-order valence-corrected chi connectivity index (χ3v) is 5.75. The average molecular weight is 361 g/mol. The first-order chi connectivity index (χ1) is 11.3. The highest BCUT2D eigenvalue weighted by Gasteiger charge is 2.11. The van der Waals surface area contributed by atoms with Gasteiger partial charge in [-0.2, -0.15) is 0 Å². The van der Waals surface area contributed by atoms with E-state index < -0.39 is 9.84 Å². The van der Waals surface area contributed by atoms with Crippen LogP contribution in [0.5, 0.6) is 0 Å². The van der Waals surface area contributed by atoms with Crippen LogP contribution in [0.25, 0.3) is 10.6 Å². The third kappa shape index (κ3) is 3.57. The highest BCUT2D eigenvalue weighted by Crippen LogP contribution is 2.26. The molecular formula is C17H19N3O2S2. The molecule has 0 aliphatic heterocycles. The Morgan fingerprint density at radius 3 is 2.54 bits per heavy atom. The maximum Gasteiger partial charge on any atom is 0.175 e. The van der Waals surface area contributed by atoms with Gasteiger partial charge in [0.2, 0.25) is 0 Å². The van der Waals surface area contributed by atoms with E-state index >= 15 is 0 Å². The molecule has 0 amide bonds. The van der Waals surface area contributed by atoms with E-state index in [-0.39, 0.29) is 0 Å². The Hall–Kier alpha value is -1.99. The number of imidazole rings is 1. The second kappa shape index (κ2) is 6.49. The molecule has 7 heteroatoms. The molecule has 2 aromatic heterocycles. The zero-order chi connectivity index (χ0) is 17.3. The third-order valence-electron chi connectivity index (χ3n) is 3.68. The summed E-state index contributed by atoms with van der Waals surface area (Å²) in [7, 11) is -3.17. The van der Waals surface area contributed by atoms with E-state index in [1.165, 1.54) is 6.26 Å². The number of nitrogens with zero attached hydrogens (tertiary/aromatic N) is 3. The predicted molar refractivity (Wildman–Crippen MR) is 96.1 cm³/mol. The standard InChI is InChI=1S/C17H19N3O2S2/c1-12(2)16-18-8-9-20(16)10-14-11-23-17(19-14)13-4-6-15(7-5-13)24(3,21)22/h4-9,11-12H,10H2,1-3H3. The Kier molecular flexibility index (Phi) is 4.56. The second-order valence-electron chi connectivity index (χ2n) is 6.01. The van der Waals surface area contributed by atoms with Crippen molar-refractivity contribution in [1.29, 1.82) is 0 Å². The molecule has 0 radical (unpaired) electrons. The summed E-state index contributed by atoms with van der Waals surface area (Å²) in [6.45, 7) is 4.93. The molecule has 126 valence electrons. The van der Waals surface area contributed by atoms with Crippen LogP contribution < -0.4 is 0 Å². The molecule has 0 saturated carbocycles. The molecule has 0 unspecified atom stereocenters. The molecule has 3 aromatic rings. The smallest absolute Gasteiger partial charge is 0.175 e. The number of rotatable bonds is 5.